The van der Waals surface area contributed by atoms with Gasteiger partial charge >= 0.3 is 0 Å². The predicted molar refractivity (Wildman–Crippen MR) is 77.5 cm³/mol. The second-order valence-corrected chi connectivity index (χ2v) is 5.81. The van der Waals surface area contributed by atoms with Gasteiger partial charge in [0.15, 0.2) is 0 Å². The summed E-state index contributed by atoms with van der Waals surface area (Å²) in [5, 5.41) is 9.72. The number of aromatic nitrogens is 3. The molecule has 2 N–H and O–H groups in total. The summed E-state index contributed by atoms with van der Waals surface area (Å²) in [6.45, 7) is 9.39. The topological polar surface area (TPSA) is 73.9 Å². The summed E-state index contributed by atoms with van der Waals surface area (Å²) < 4.78 is 0. The zero-order valence-corrected chi connectivity index (χ0v) is 12.6. The van der Waals surface area contributed by atoms with E-state index in [4.69, 9.17) is 0 Å². The lowest BCUT2D eigenvalue weighted by atomic mass is 10.1. The fraction of sp³-hybridized carbons (Fsp3) is 0.786. The predicted octanol–water partition coefficient (Wildman–Crippen LogP) is 1.22. The van der Waals surface area contributed by atoms with E-state index in [1.54, 1.807) is 0 Å². The molecule has 2 rings (SSSR count). The van der Waals surface area contributed by atoms with Crippen molar-refractivity contribution in [3.05, 3.63) is 11.6 Å². The number of hydrogen-bond acceptors (Lipinski definition) is 4. The van der Waals surface area contributed by atoms with Crippen LogP contribution in [0.4, 0.5) is 0 Å². The molecule has 0 aliphatic carbocycles. The zero-order chi connectivity index (χ0) is 14.5. The molecule has 1 aliphatic rings. The summed E-state index contributed by atoms with van der Waals surface area (Å²) in [6.07, 6.45) is 2.96. The second-order valence-electron chi connectivity index (χ2n) is 5.81. The van der Waals surface area contributed by atoms with Gasteiger partial charge in [-0.2, -0.15) is 0 Å². The molecule has 0 saturated carbocycles. The number of carbonyl (C=O) groups is 1. The molecule has 2 heterocycles. The van der Waals surface area contributed by atoms with E-state index in [1.807, 2.05) is 0 Å². The maximum atomic E-state index is 12.0. The van der Waals surface area contributed by atoms with Crippen LogP contribution in [0.15, 0.2) is 0 Å². The molecule has 0 radical (unpaired) electrons. The Balaban J connectivity index is 1.77. The SMILES string of the molecule is CCCc1nc(C(=O)NCC2CCN(C(C)C)C2)n[nH]1. The third-order valence-electron chi connectivity index (χ3n) is 3.82. The number of likely N-dealkylation sites (tertiary alicyclic amines) is 1. The van der Waals surface area contributed by atoms with E-state index >= 15 is 0 Å². The van der Waals surface area contributed by atoms with E-state index in [0.717, 1.165) is 38.2 Å². The van der Waals surface area contributed by atoms with Crippen LogP contribution < -0.4 is 5.32 Å². The normalized spacial score (nSPS) is 19.7. The van der Waals surface area contributed by atoms with Crippen LogP contribution in [-0.2, 0) is 6.42 Å². The molecule has 1 aromatic heterocycles. The van der Waals surface area contributed by atoms with Gasteiger partial charge in [-0.3, -0.25) is 9.89 Å². The monoisotopic (exact) mass is 279 g/mol. The fourth-order valence-corrected chi connectivity index (χ4v) is 2.56. The molecule has 6 heteroatoms. The van der Waals surface area contributed by atoms with Crippen LogP contribution in [0.25, 0.3) is 0 Å². The van der Waals surface area contributed by atoms with Crippen molar-refractivity contribution < 1.29 is 4.79 Å². The Labute approximate surface area is 120 Å². The number of amides is 1. The van der Waals surface area contributed by atoms with Crippen molar-refractivity contribution in [3.8, 4) is 0 Å². The number of carbonyl (C=O) groups excluding carboxylic acids is 1. The van der Waals surface area contributed by atoms with Gasteiger partial charge < -0.3 is 10.2 Å². The van der Waals surface area contributed by atoms with E-state index in [0.29, 0.717) is 18.5 Å². The molecule has 1 aromatic rings. The highest BCUT2D eigenvalue weighted by atomic mass is 16.2. The Morgan fingerprint density at radius 1 is 1.55 bits per heavy atom. The molecule has 1 aliphatic heterocycles. The zero-order valence-electron chi connectivity index (χ0n) is 12.6. The van der Waals surface area contributed by atoms with Gasteiger partial charge in [-0.15, -0.1) is 5.10 Å². The van der Waals surface area contributed by atoms with Gasteiger partial charge in [0.1, 0.15) is 5.82 Å². The van der Waals surface area contributed by atoms with E-state index in [1.165, 1.54) is 0 Å². The Kier molecular flexibility index (Phi) is 5.11. The molecule has 112 valence electrons. The average Bonchev–Trinajstić information content (AvgIpc) is 3.05. The molecule has 1 saturated heterocycles. The lowest BCUT2D eigenvalue weighted by molar-refractivity contribution is 0.0937. The standard InChI is InChI=1S/C14H25N5O/c1-4-5-12-16-13(18-17-12)14(20)15-8-11-6-7-19(9-11)10(2)3/h10-11H,4-9H2,1-3H3,(H,15,20)(H,16,17,18). The summed E-state index contributed by atoms with van der Waals surface area (Å²) in [7, 11) is 0. The molecule has 0 aromatic carbocycles. The first-order chi connectivity index (χ1) is 9.60. The maximum Gasteiger partial charge on any atom is 0.290 e. The van der Waals surface area contributed by atoms with Crippen LogP contribution in [-0.4, -0.2) is 51.7 Å². The molecular formula is C14H25N5O. The van der Waals surface area contributed by atoms with Gasteiger partial charge in [-0.1, -0.05) is 6.92 Å². The number of rotatable bonds is 6. The van der Waals surface area contributed by atoms with E-state index in [2.05, 4.69) is 46.2 Å². The molecule has 1 fully saturated rings. The number of nitrogens with zero attached hydrogens (tertiary/aromatic N) is 3. The number of aryl methyl sites for hydroxylation is 1. The van der Waals surface area contributed by atoms with Gasteiger partial charge in [-0.05, 0) is 39.2 Å². The van der Waals surface area contributed by atoms with Crippen molar-refractivity contribution in [3.63, 3.8) is 0 Å². The van der Waals surface area contributed by atoms with Crippen molar-refractivity contribution in [1.82, 2.24) is 25.4 Å². The molecular weight excluding hydrogens is 254 g/mol. The highest BCUT2D eigenvalue weighted by molar-refractivity contribution is 5.90. The van der Waals surface area contributed by atoms with E-state index in [9.17, 15) is 4.79 Å². The highest BCUT2D eigenvalue weighted by Crippen LogP contribution is 2.17. The average molecular weight is 279 g/mol. The Morgan fingerprint density at radius 3 is 3.00 bits per heavy atom. The third-order valence-corrected chi connectivity index (χ3v) is 3.82. The number of nitrogens with one attached hydrogen (secondary N) is 2. The summed E-state index contributed by atoms with van der Waals surface area (Å²) in [4.78, 5) is 18.6. The lowest BCUT2D eigenvalue weighted by Gasteiger charge is -2.20. The first-order valence-corrected chi connectivity index (χ1v) is 7.53. The quantitative estimate of drug-likeness (QED) is 0.821. The van der Waals surface area contributed by atoms with Crippen LogP contribution in [0, 0.1) is 5.92 Å². The molecule has 1 amide bonds. The molecule has 1 atom stereocenters. The van der Waals surface area contributed by atoms with Gasteiger partial charge in [0, 0.05) is 25.6 Å². The van der Waals surface area contributed by atoms with Crippen LogP contribution in [0.2, 0.25) is 0 Å². The molecule has 6 nitrogen and oxygen atoms in total. The Bertz CT molecular complexity index is 443. The van der Waals surface area contributed by atoms with Gasteiger partial charge in [0.25, 0.3) is 5.91 Å². The number of hydrogen-bond donors (Lipinski definition) is 2. The van der Waals surface area contributed by atoms with E-state index in [-0.39, 0.29) is 11.7 Å². The second kappa shape index (κ2) is 6.83. The van der Waals surface area contributed by atoms with Crippen molar-refractivity contribution >= 4 is 5.91 Å². The largest absolute Gasteiger partial charge is 0.349 e. The first kappa shape index (κ1) is 15.0. The summed E-state index contributed by atoms with van der Waals surface area (Å²) in [5.41, 5.74) is 0. The first-order valence-electron chi connectivity index (χ1n) is 7.53. The van der Waals surface area contributed by atoms with Crippen molar-refractivity contribution in [2.45, 2.75) is 46.1 Å². The summed E-state index contributed by atoms with van der Waals surface area (Å²) in [6, 6.07) is 0.584. The lowest BCUT2D eigenvalue weighted by Crippen LogP contribution is -2.33. The minimum atomic E-state index is -0.174. The van der Waals surface area contributed by atoms with Crippen molar-refractivity contribution in [1.29, 1.82) is 0 Å². The van der Waals surface area contributed by atoms with Gasteiger partial charge in [-0.25, -0.2) is 4.98 Å². The molecule has 1 unspecified atom stereocenters. The van der Waals surface area contributed by atoms with Crippen LogP contribution >= 0.6 is 0 Å². The van der Waals surface area contributed by atoms with Crippen LogP contribution in [0.3, 0.4) is 0 Å². The Morgan fingerprint density at radius 2 is 2.35 bits per heavy atom. The fourth-order valence-electron chi connectivity index (χ4n) is 2.56. The summed E-state index contributed by atoms with van der Waals surface area (Å²) >= 11 is 0. The van der Waals surface area contributed by atoms with Crippen molar-refractivity contribution in [2.24, 2.45) is 5.92 Å². The van der Waals surface area contributed by atoms with E-state index < -0.39 is 0 Å². The van der Waals surface area contributed by atoms with Crippen LogP contribution in [0.1, 0.15) is 50.1 Å². The third kappa shape index (κ3) is 3.79. The smallest absolute Gasteiger partial charge is 0.290 e. The number of H-pyrrole nitrogens is 1. The minimum Gasteiger partial charge on any atom is -0.349 e. The van der Waals surface area contributed by atoms with Gasteiger partial charge in [0.2, 0.25) is 5.82 Å². The molecule has 0 spiro atoms. The number of aromatic amines is 1. The Hall–Kier alpha value is -1.43. The van der Waals surface area contributed by atoms with Crippen molar-refractivity contribution in [2.75, 3.05) is 19.6 Å². The van der Waals surface area contributed by atoms with Crippen LogP contribution in [0.5, 0.6) is 0 Å². The molecule has 20 heavy (non-hydrogen) atoms. The minimum absolute atomic E-state index is 0.174. The maximum absolute atomic E-state index is 12.0. The summed E-state index contributed by atoms with van der Waals surface area (Å²) in [5.74, 6) is 1.40. The highest BCUT2D eigenvalue weighted by Gasteiger charge is 2.24. The molecule has 0 bridgehead atoms. The van der Waals surface area contributed by atoms with Gasteiger partial charge in [0.05, 0.1) is 0 Å².